The summed E-state index contributed by atoms with van der Waals surface area (Å²) >= 11 is 3.69. The third-order valence-corrected chi connectivity index (χ3v) is 12.0. The Bertz CT molecular complexity index is 2570. The minimum Gasteiger partial charge on any atom is -0.228 e. The quantitative estimate of drug-likeness (QED) is 0.182. The Kier molecular flexibility index (Phi) is 7.03. The number of aromatic nitrogens is 4. The highest BCUT2D eigenvalue weighted by Crippen LogP contribution is 2.51. The molecule has 0 N–H and O–H groups in total. The molecule has 2 aliphatic rings. The summed E-state index contributed by atoms with van der Waals surface area (Å²) in [4.78, 5) is 21.8. The number of allylic oxidation sites excluding steroid dienone is 3. The standard InChI is InChI=1S/C44H28N4S2/c1-4-12-27(13-5-1)35-26-36(46-43(45-35)29-16-8-3-9-17-29)30-21-23-38-34(24-30)32-22-20-31(25-39(32)49-38)44-47-40(28-14-6-2-7-15-28)42-41(48-44)33-18-10-11-19-37(33)50-42/h1-26,32,39H. The molecule has 0 amide bonds. The van der Waals surface area contributed by atoms with E-state index in [0.29, 0.717) is 0 Å². The number of benzene rings is 5. The van der Waals surface area contributed by atoms with Gasteiger partial charge in [0.2, 0.25) is 0 Å². The molecule has 5 aromatic carbocycles. The van der Waals surface area contributed by atoms with E-state index in [-0.39, 0.29) is 11.2 Å². The molecular weight excluding hydrogens is 649 g/mol. The molecule has 1 aliphatic heterocycles. The first-order valence-electron chi connectivity index (χ1n) is 16.7. The number of nitrogens with zero attached hydrogens (tertiary/aromatic N) is 4. The molecule has 236 valence electrons. The van der Waals surface area contributed by atoms with Crippen LogP contribution in [-0.2, 0) is 0 Å². The van der Waals surface area contributed by atoms with Crippen LogP contribution in [0.3, 0.4) is 0 Å². The second-order valence-electron chi connectivity index (χ2n) is 12.6. The predicted molar refractivity (Wildman–Crippen MR) is 208 cm³/mol. The molecule has 2 unspecified atom stereocenters. The van der Waals surface area contributed by atoms with E-state index in [1.807, 2.05) is 36.0 Å². The molecule has 0 saturated carbocycles. The van der Waals surface area contributed by atoms with Gasteiger partial charge in [-0.25, -0.2) is 19.9 Å². The van der Waals surface area contributed by atoms with E-state index in [2.05, 4.69) is 133 Å². The predicted octanol–water partition coefficient (Wildman–Crippen LogP) is 11.5. The minimum atomic E-state index is 0.252. The van der Waals surface area contributed by atoms with Crippen LogP contribution in [-0.4, -0.2) is 25.2 Å². The van der Waals surface area contributed by atoms with Crippen LogP contribution in [0.2, 0.25) is 0 Å². The number of rotatable bonds is 5. The van der Waals surface area contributed by atoms with Gasteiger partial charge in [-0.05, 0) is 29.8 Å². The summed E-state index contributed by atoms with van der Waals surface area (Å²) in [6, 6.07) is 48.5. The zero-order valence-corrected chi connectivity index (χ0v) is 28.4. The Morgan fingerprint density at radius 3 is 2.00 bits per heavy atom. The fraction of sp³-hybridized carbons (Fsp3) is 0.0455. The Balaban J connectivity index is 1.03. The fourth-order valence-electron chi connectivity index (χ4n) is 6.99. The second kappa shape index (κ2) is 12.0. The van der Waals surface area contributed by atoms with E-state index in [1.165, 1.54) is 20.5 Å². The largest absolute Gasteiger partial charge is 0.228 e. The van der Waals surface area contributed by atoms with Crippen LogP contribution in [0.15, 0.2) is 163 Å². The van der Waals surface area contributed by atoms with Crippen LogP contribution in [0.5, 0.6) is 0 Å². The molecule has 50 heavy (non-hydrogen) atoms. The first-order chi connectivity index (χ1) is 24.7. The van der Waals surface area contributed by atoms with Gasteiger partial charge in [-0.2, -0.15) is 0 Å². The van der Waals surface area contributed by atoms with Gasteiger partial charge in [0.05, 0.1) is 27.3 Å². The van der Waals surface area contributed by atoms with Crippen molar-refractivity contribution in [1.29, 1.82) is 0 Å². The maximum absolute atomic E-state index is 5.23. The average molecular weight is 677 g/mol. The topological polar surface area (TPSA) is 51.6 Å². The number of hydrogen-bond acceptors (Lipinski definition) is 6. The lowest BCUT2D eigenvalue weighted by atomic mass is 9.88. The summed E-state index contributed by atoms with van der Waals surface area (Å²) < 4.78 is 2.36. The normalized spacial score (nSPS) is 16.4. The molecule has 3 aromatic heterocycles. The zero-order valence-electron chi connectivity index (χ0n) is 26.8. The highest BCUT2D eigenvalue weighted by Gasteiger charge is 2.33. The summed E-state index contributed by atoms with van der Waals surface area (Å²) in [6.07, 6.45) is 6.93. The molecule has 2 atom stereocenters. The molecule has 0 radical (unpaired) electrons. The van der Waals surface area contributed by atoms with Crippen molar-refractivity contribution in [2.45, 2.75) is 16.1 Å². The first kappa shape index (κ1) is 29.2. The third-order valence-electron chi connectivity index (χ3n) is 9.46. The number of thioether (sulfide) groups is 1. The smallest absolute Gasteiger partial charge is 0.160 e. The van der Waals surface area contributed by atoms with Crippen molar-refractivity contribution in [3.8, 4) is 45.2 Å². The van der Waals surface area contributed by atoms with Gasteiger partial charge in [-0.3, -0.25) is 0 Å². The van der Waals surface area contributed by atoms with Crippen molar-refractivity contribution in [2.24, 2.45) is 0 Å². The van der Waals surface area contributed by atoms with Crippen LogP contribution in [0.25, 0.3) is 71.0 Å². The van der Waals surface area contributed by atoms with Crippen LogP contribution < -0.4 is 0 Å². The Hall–Kier alpha value is -5.69. The van der Waals surface area contributed by atoms with Gasteiger partial charge in [-0.1, -0.05) is 133 Å². The Labute approximate surface area is 298 Å². The highest BCUT2D eigenvalue weighted by atomic mass is 32.2. The molecule has 4 nitrogen and oxygen atoms in total. The van der Waals surface area contributed by atoms with E-state index in [1.54, 1.807) is 11.3 Å². The van der Waals surface area contributed by atoms with Gasteiger partial charge < -0.3 is 0 Å². The van der Waals surface area contributed by atoms with Gasteiger partial charge in [0, 0.05) is 54.0 Å². The molecule has 0 fully saturated rings. The summed E-state index contributed by atoms with van der Waals surface area (Å²) in [7, 11) is 0. The number of thiophene rings is 1. The Morgan fingerprint density at radius 2 is 1.22 bits per heavy atom. The number of hydrogen-bond donors (Lipinski definition) is 0. The lowest BCUT2D eigenvalue weighted by Gasteiger charge is -2.19. The van der Waals surface area contributed by atoms with Crippen molar-refractivity contribution in [3.05, 3.63) is 169 Å². The van der Waals surface area contributed by atoms with Gasteiger partial charge >= 0.3 is 0 Å². The molecule has 8 aromatic rings. The fourth-order valence-corrected chi connectivity index (χ4v) is 9.52. The monoisotopic (exact) mass is 676 g/mol. The molecule has 0 spiro atoms. The van der Waals surface area contributed by atoms with Crippen molar-refractivity contribution in [1.82, 2.24) is 19.9 Å². The van der Waals surface area contributed by atoms with E-state index >= 15 is 0 Å². The maximum atomic E-state index is 5.23. The SMILES string of the molecule is C1=CC2c3cc(-c4cc(-c5ccccc5)nc(-c5ccccc5)n4)ccc3SC2C=C1c1nc(-c2ccccc2)c2sc3ccccc3c2n1. The average Bonchev–Trinajstić information content (AvgIpc) is 3.76. The minimum absolute atomic E-state index is 0.252. The van der Waals surface area contributed by atoms with Gasteiger partial charge in [-0.15, -0.1) is 23.1 Å². The lowest BCUT2D eigenvalue weighted by molar-refractivity contribution is 0.882. The lowest BCUT2D eigenvalue weighted by Crippen LogP contribution is -2.10. The summed E-state index contributed by atoms with van der Waals surface area (Å²) in [5.41, 5.74) is 10.5. The van der Waals surface area contributed by atoms with Crippen molar-refractivity contribution < 1.29 is 0 Å². The highest BCUT2D eigenvalue weighted by molar-refractivity contribution is 8.00. The zero-order chi connectivity index (χ0) is 33.0. The summed E-state index contributed by atoms with van der Waals surface area (Å²) in [5, 5.41) is 1.43. The molecule has 4 heterocycles. The van der Waals surface area contributed by atoms with E-state index in [9.17, 15) is 0 Å². The molecular formula is C44H28N4S2. The summed E-state index contributed by atoms with van der Waals surface area (Å²) in [6.45, 7) is 0. The third kappa shape index (κ3) is 5.07. The van der Waals surface area contributed by atoms with Gasteiger partial charge in [0.25, 0.3) is 0 Å². The van der Waals surface area contributed by atoms with Crippen LogP contribution in [0.4, 0.5) is 0 Å². The van der Waals surface area contributed by atoms with E-state index in [0.717, 1.165) is 66.8 Å². The van der Waals surface area contributed by atoms with Crippen molar-refractivity contribution in [3.63, 3.8) is 0 Å². The molecule has 1 aliphatic carbocycles. The van der Waals surface area contributed by atoms with Crippen LogP contribution in [0, 0.1) is 0 Å². The van der Waals surface area contributed by atoms with E-state index < -0.39 is 0 Å². The van der Waals surface area contributed by atoms with Gasteiger partial charge in [0.1, 0.15) is 0 Å². The van der Waals surface area contributed by atoms with Crippen LogP contribution in [0.1, 0.15) is 17.3 Å². The van der Waals surface area contributed by atoms with Crippen molar-refractivity contribution >= 4 is 49.0 Å². The van der Waals surface area contributed by atoms with Gasteiger partial charge in [0.15, 0.2) is 11.6 Å². The second-order valence-corrected chi connectivity index (χ2v) is 14.8. The first-order valence-corrected chi connectivity index (χ1v) is 18.4. The molecule has 0 bridgehead atoms. The molecule has 10 rings (SSSR count). The number of fused-ring (bicyclic) bond motifs is 6. The molecule has 6 heteroatoms. The maximum Gasteiger partial charge on any atom is 0.160 e. The molecule has 0 saturated heterocycles. The van der Waals surface area contributed by atoms with Crippen LogP contribution >= 0.6 is 23.1 Å². The van der Waals surface area contributed by atoms with E-state index in [4.69, 9.17) is 19.9 Å². The Morgan fingerprint density at radius 1 is 0.540 bits per heavy atom. The van der Waals surface area contributed by atoms with Crippen molar-refractivity contribution in [2.75, 3.05) is 0 Å². The summed E-state index contributed by atoms with van der Waals surface area (Å²) in [5.74, 6) is 1.75.